The maximum absolute atomic E-state index is 11.1. The number of benzene rings is 2. The molecule has 4 heteroatoms. The van der Waals surface area contributed by atoms with Crippen molar-refractivity contribution in [2.24, 2.45) is 0 Å². The molecule has 0 bridgehead atoms. The summed E-state index contributed by atoms with van der Waals surface area (Å²) in [4.78, 5) is 15.5. The van der Waals surface area contributed by atoms with E-state index in [2.05, 4.69) is 4.98 Å². The number of carboxylic acid groups (broad SMARTS) is 1. The van der Waals surface area contributed by atoms with Crippen molar-refractivity contribution in [3.05, 3.63) is 65.5 Å². The summed E-state index contributed by atoms with van der Waals surface area (Å²) < 4.78 is 5.59. The molecular weight excluding hydrogens is 254 g/mol. The Balaban J connectivity index is 1.86. The second-order valence-corrected chi connectivity index (χ2v) is 4.55. The first kappa shape index (κ1) is 12.4. The third-order valence-corrected chi connectivity index (χ3v) is 3.16. The van der Waals surface area contributed by atoms with Crippen molar-refractivity contribution in [2.75, 3.05) is 0 Å². The van der Waals surface area contributed by atoms with E-state index in [9.17, 15) is 4.79 Å². The van der Waals surface area contributed by atoms with Gasteiger partial charge in [-0.1, -0.05) is 36.4 Å². The fraction of sp³-hybridized carbons (Fsp3) is 0.125. The van der Waals surface area contributed by atoms with Crippen molar-refractivity contribution in [1.82, 2.24) is 4.98 Å². The third kappa shape index (κ3) is 2.40. The number of carboxylic acids is 1. The smallest absolute Gasteiger partial charge is 0.339 e. The van der Waals surface area contributed by atoms with E-state index >= 15 is 0 Å². The van der Waals surface area contributed by atoms with Crippen LogP contribution in [0.3, 0.4) is 0 Å². The van der Waals surface area contributed by atoms with Crippen LogP contribution in [0.2, 0.25) is 0 Å². The van der Waals surface area contributed by atoms with Gasteiger partial charge in [0, 0.05) is 6.42 Å². The van der Waals surface area contributed by atoms with Crippen molar-refractivity contribution in [1.29, 1.82) is 0 Å². The van der Waals surface area contributed by atoms with Crippen LogP contribution in [0.4, 0.5) is 0 Å². The molecule has 0 unspecified atom stereocenters. The highest BCUT2D eigenvalue weighted by molar-refractivity contribution is 5.99. The minimum Gasteiger partial charge on any atom is -0.478 e. The molecule has 0 atom stereocenters. The lowest BCUT2D eigenvalue weighted by Gasteiger charge is -1.97. The minimum absolute atomic E-state index is 0.154. The standard InChI is InChI=1S/C16H13NO3/c18-16(19)12-7-4-8-13-15(12)20-14(17-13)10-9-11-5-2-1-3-6-11/h1-8H,9-10H2,(H,18,19). The van der Waals surface area contributed by atoms with Gasteiger partial charge in [0.15, 0.2) is 11.5 Å². The number of aryl methyl sites for hydroxylation is 2. The van der Waals surface area contributed by atoms with Crippen LogP contribution in [0.15, 0.2) is 52.9 Å². The molecule has 0 fully saturated rings. The third-order valence-electron chi connectivity index (χ3n) is 3.16. The zero-order valence-electron chi connectivity index (χ0n) is 10.7. The molecule has 2 aromatic carbocycles. The number of hydrogen-bond acceptors (Lipinski definition) is 3. The highest BCUT2D eigenvalue weighted by atomic mass is 16.4. The predicted octanol–water partition coefficient (Wildman–Crippen LogP) is 3.31. The monoisotopic (exact) mass is 267 g/mol. The van der Waals surface area contributed by atoms with E-state index < -0.39 is 5.97 Å². The van der Waals surface area contributed by atoms with Crippen LogP contribution in [0.1, 0.15) is 21.8 Å². The van der Waals surface area contributed by atoms with Gasteiger partial charge in [-0.25, -0.2) is 9.78 Å². The molecule has 0 aliphatic carbocycles. The van der Waals surface area contributed by atoms with Gasteiger partial charge in [0.1, 0.15) is 11.1 Å². The molecule has 0 aliphatic heterocycles. The van der Waals surface area contributed by atoms with Gasteiger partial charge in [0.2, 0.25) is 0 Å². The second kappa shape index (κ2) is 5.17. The quantitative estimate of drug-likeness (QED) is 0.787. The van der Waals surface area contributed by atoms with Crippen molar-refractivity contribution in [2.45, 2.75) is 12.8 Å². The highest BCUT2D eigenvalue weighted by Gasteiger charge is 2.14. The number of aromatic nitrogens is 1. The van der Waals surface area contributed by atoms with Crippen molar-refractivity contribution in [3.8, 4) is 0 Å². The molecule has 100 valence electrons. The van der Waals surface area contributed by atoms with Crippen molar-refractivity contribution < 1.29 is 14.3 Å². The van der Waals surface area contributed by atoms with Gasteiger partial charge in [-0.3, -0.25) is 0 Å². The Labute approximate surface area is 115 Å². The topological polar surface area (TPSA) is 63.3 Å². The van der Waals surface area contributed by atoms with Crippen LogP contribution in [0.25, 0.3) is 11.1 Å². The molecule has 0 radical (unpaired) electrons. The van der Waals surface area contributed by atoms with E-state index in [4.69, 9.17) is 9.52 Å². The minimum atomic E-state index is -0.999. The number of oxazole rings is 1. The number of aromatic carboxylic acids is 1. The summed E-state index contributed by atoms with van der Waals surface area (Å²) >= 11 is 0. The average Bonchev–Trinajstić information content (AvgIpc) is 2.88. The lowest BCUT2D eigenvalue weighted by atomic mass is 10.1. The summed E-state index contributed by atoms with van der Waals surface area (Å²) in [6.07, 6.45) is 1.47. The first-order valence-electron chi connectivity index (χ1n) is 6.40. The molecule has 4 nitrogen and oxygen atoms in total. The summed E-state index contributed by atoms with van der Waals surface area (Å²) in [6, 6.07) is 15.0. The van der Waals surface area contributed by atoms with E-state index in [1.807, 2.05) is 30.3 Å². The number of carbonyl (C=O) groups is 1. The summed E-state index contributed by atoms with van der Waals surface area (Å²) in [5.41, 5.74) is 2.30. The Morgan fingerprint density at radius 1 is 1.05 bits per heavy atom. The second-order valence-electron chi connectivity index (χ2n) is 4.55. The lowest BCUT2D eigenvalue weighted by Crippen LogP contribution is -1.95. The van der Waals surface area contributed by atoms with Gasteiger partial charge in [-0.05, 0) is 24.1 Å². The van der Waals surface area contributed by atoms with Crippen LogP contribution < -0.4 is 0 Å². The normalized spacial score (nSPS) is 10.8. The van der Waals surface area contributed by atoms with Crippen molar-refractivity contribution in [3.63, 3.8) is 0 Å². The Kier molecular flexibility index (Phi) is 3.21. The van der Waals surface area contributed by atoms with Gasteiger partial charge in [0.25, 0.3) is 0 Å². The molecular formula is C16H13NO3. The van der Waals surface area contributed by atoms with Gasteiger partial charge in [-0.2, -0.15) is 0 Å². The fourth-order valence-electron chi connectivity index (χ4n) is 2.17. The molecule has 1 heterocycles. The molecule has 0 amide bonds. The number of nitrogens with zero attached hydrogens (tertiary/aromatic N) is 1. The number of rotatable bonds is 4. The largest absolute Gasteiger partial charge is 0.478 e. The summed E-state index contributed by atoms with van der Waals surface area (Å²) in [5, 5.41) is 9.11. The van der Waals surface area contributed by atoms with E-state index in [0.717, 1.165) is 6.42 Å². The molecule has 0 saturated heterocycles. The molecule has 0 saturated carbocycles. The lowest BCUT2D eigenvalue weighted by molar-refractivity contribution is 0.0698. The van der Waals surface area contributed by atoms with E-state index in [1.54, 1.807) is 12.1 Å². The van der Waals surface area contributed by atoms with Crippen LogP contribution in [-0.4, -0.2) is 16.1 Å². The first-order valence-corrected chi connectivity index (χ1v) is 6.40. The maximum Gasteiger partial charge on any atom is 0.339 e. The van der Waals surface area contributed by atoms with Gasteiger partial charge in [-0.15, -0.1) is 0 Å². The summed E-state index contributed by atoms with van der Waals surface area (Å²) in [6.45, 7) is 0. The zero-order valence-corrected chi connectivity index (χ0v) is 10.7. The van der Waals surface area contributed by atoms with Crippen LogP contribution in [0, 0.1) is 0 Å². The van der Waals surface area contributed by atoms with Crippen molar-refractivity contribution >= 4 is 17.1 Å². The summed E-state index contributed by atoms with van der Waals surface area (Å²) in [5.74, 6) is -0.432. The predicted molar refractivity (Wildman–Crippen MR) is 74.8 cm³/mol. The van der Waals surface area contributed by atoms with E-state index in [0.29, 0.717) is 23.4 Å². The molecule has 3 aromatic rings. The SMILES string of the molecule is O=C(O)c1cccc2nc(CCc3ccccc3)oc12. The highest BCUT2D eigenvalue weighted by Crippen LogP contribution is 2.21. The zero-order chi connectivity index (χ0) is 13.9. The Morgan fingerprint density at radius 2 is 1.85 bits per heavy atom. The fourth-order valence-corrected chi connectivity index (χ4v) is 2.17. The van der Waals surface area contributed by atoms with Crippen LogP contribution >= 0.6 is 0 Å². The van der Waals surface area contributed by atoms with Crippen LogP contribution in [-0.2, 0) is 12.8 Å². The Morgan fingerprint density at radius 3 is 2.60 bits per heavy atom. The van der Waals surface area contributed by atoms with Gasteiger partial charge in [0.05, 0.1) is 0 Å². The maximum atomic E-state index is 11.1. The molecule has 20 heavy (non-hydrogen) atoms. The van der Waals surface area contributed by atoms with E-state index in [-0.39, 0.29) is 5.56 Å². The Bertz CT molecular complexity index is 747. The molecule has 1 N–H and O–H groups in total. The van der Waals surface area contributed by atoms with Gasteiger partial charge < -0.3 is 9.52 Å². The molecule has 3 rings (SSSR count). The number of hydrogen-bond donors (Lipinski definition) is 1. The molecule has 0 aliphatic rings. The molecule has 0 spiro atoms. The Hall–Kier alpha value is -2.62. The first-order chi connectivity index (χ1) is 9.74. The van der Waals surface area contributed by atoms with Crippen LogP contribution in [0.5, 0.6) is 0 Å². The molecule has 1 aromatic heterocycles. The number of para-hydroxylation sites is 1. The summed E-state index contributed by atoms with van der Waals surface area (Å²) in [7, 11) is 0. The average molecular weight is 267 g/mol. The van der Waals surface area contributed by atoms with E-state index in [1.165, 1.54) is 11.6 Å². The number of fused-ring (bicyclic) bond motifs is 1. The van der Waals surface area contributed by atoms with Gasteiger partial charge >= 0.3 is 5.97 Å².